The van der Waals surface area contributed by atoms with Crippen molar-refractivity contribution < 1.29 is 9.59 Å². The third-order valence-corrected chi connectivity index (χ3v) is 4.75. The number of aromatic nitrogens is 2. The predicted molar refractivity (Wildman–Crippen MR) is 101 cm³/mol. The SMILES string of the molecule is O=C(Nc1nc(-c2ccccn2)cs1)c1cccc(NC(=O)C2CC2)c1. The Balaban J connectivity index is 1.45. The molecule has 0 unspecified atom stereocenters. The van der Waals surface area contributed by atoms with E-state index >= 15 is 0 Å². The number of hydrogen-bond acceptors (Lipinski definition) is 5. The number of amides is 2. The second kappa shape index (κ2) is 7.05. The third kappa shape index (κ3) is 3.78. The molecule has 1 aliphatic carbocycles. The van der Waals surface area contributed by atoms with Crippen molar-refractivity contribution in [1.82, 2.24) is 9.97 Å². The van der Waals surface area contributed by atoms with Crippen molar-refractivity contribution >= 4 is 34.0 Å². The molecule has 0 bridgehead atoms. The molecule has 0 atom stereocenters. The summed E-state index contributed by atoms with van der Waals surface area (Å²) in [6.45, 7) is 0. The van der Waals surface area contributed by atoms with E-state index in [1.54, 1.807) is 30.5 Å². The molecule has 0 aliphatic heterocycles. The van der Waals surface area contributed by atoms with Gasteiger partial charge in [-0.3, -0.25) is 19.9 Å². The van der Waals surface area contributed by atoms with Gasteiger partial charge in [-0.05, 0) is 43.2 Å². The van der Waals surface area contributed by atoms with E-state index in [0.29, 0.717) is 16.4 Å². The Bertz CT molecular complexity index is 951. The highest BCUT2D eigenvalue weighted by Crippen LogP contribution is 2.30. The van der Waals surface area contributed by atoms with Crippen molar-refractivity contribution in [2.24, 2.45) is 5.92 Å². The van der Waals surface area contributed by atoms with Crippen LogP contribution in [0.4, 0.5) is 10.8 Å². The summed E-state index contributed by atoms with van der Waals surface area (Å²) in [5.41, 5.74) is 2.57. The first-order valence-electron chi connectivity index (χ1n) is 8.28. The van der Waals surface area contributed by atoms with Crippen LogP contribution in [0.1, 0.15) is 23.2 Å². The second-order valence-electron chi connectivity index (χ2n) is 6.05. The lowest BCUT2D eigenvalue weighted by Gasteiger charge is -2.07. The van der Waals surface area contributed by atoms with E-state index in [-0.39, 0.29) is 17.7 Å². The van der Waals surface area contributed by atoms with Crippen LogP contribution in [0.25, 0.3) is 11.4 Å². The van der Waals surface area contributed by atoms with Crippen LogP contribution in [0.5, 0.6) is 0 Å². The molecule has 0 spiro atoms. The Morgan fingerprint density at radius 1 is 1.04 bits per heavy atom. The Morgan fingerprint density at radius 3 is 2.69 bits per heavy atom. The molecule has 2 amide bonds. The van der Waals surface area contributed by atoms with Crippen LogP contribution in [0.15, 0.2) is 54.0 Å². The van der Waals surface area contributed by atoms with E-state index in [2.05, 4.69) is 20.6 Å². The van der Waals surface area contributed by atoms with Gasteiger partial charge < -0.3 is 5.32 Å². The minimum atomic E-state index is -0.269. The Hall–Kier alpha value is -3.06. The summed E-state index contributed by atoms with van der Waals surface area (Å²) in [4.78, 5) is 33.0. The molecule has 2 heterocycles. The summed E-state index contributed by atoms with van der Waals surface area (Å²) in [6, 6.07) is 12.5. The smallest absolute Gasteiger partial charge is 0.257 e. The van der Waals surface area contributed by atoms with E-state index < -0.39 is 0 Å². The fourth-order valence-corrected chi connectivity index (χ4v) is 3.16. The van der Waals surface area contributed by atoms with Gasteiger partial charge in [-0.25, -0.2) is 4.98 Å². The maximum absolute atomic E-state index is 12.5. The lowest BCUT2D eigenvalue weighted by molar-refractivity contribution is -0.117. The van der Waals surface area contributed by atoms with Gasteiger partial charge in [0.05, 0.1) is 5.69 Å². The number of thiazole rings is 1. The van der Waals surface area contributed by atoms with Crippen LogP contribution < -0.4 is 10.6 Å². The summed E-state index contributed by atoms with van der Waals surface area (Å²) in [5.74, 6) is -0.134. The van der Waals surface area contributed by atoms with Gasteiger partial charge in [0.1, 0.15) is 5.69 Å². The molecule has 2 aromatic heterocycles. The molecular formula is C19H16N4O2S. The molecule has 0 saturated heterocycles. The summed E-state index contributed by atoms with van der Waals surface area (Å²) >= 11 is 1.34. The molecule has 4 rings (SSSR count). The van der Waals surface area contributed by atoms with Crippen LogP contribution in [0.2, 0.25) is 0 Å². The maximum Gasteiger partial charge on any atom is 0.257 e. The number of hydrogen-bond donors (Lipinski definition) is 2. The van der Waals surface area contributed by atoms with Crippen LogP contribution in [-0.4, -0.2) is 21.8 Å². The van der Waals surface area contributed by atoms with Gasteiger partial charge in [-0.2, -0.15) is 0 Å². The molecule has 1 aromatic carbocycles. The van der Waals surface area contributed by atoms with Crippen molar-refractivity contribution in [2.45, 2.75) is 12.8 Å². The number of anilines is 2. The number of rotatable bonds is 5. The Labute approximate surface area is 154 Å². The monoisotopic (exact) mass is 364 g/mol. The average molecular weight is 364 g/mol. The Kier molecular flexibility index (Phi) is 4.45. The summed E-state index contributed by atoms with van der Waals surface area (Å²) in [5, 5.41) is 7.99. The van der Waals surface area contributed by atoms with Gasteiger partial charge in [0.25, 0.3) is 5.91 Å². The van der Waals surface area contributed by atoms with Crippen LogP contribution in [0.3, 0.4) is 0 Å². The standard InChI is InChI=1S/C19H16N4O2S/c24-17(12-7-8-12)21-14-5-3-4-13(10-14)18(25)23-19-22-16(11-26-19)15-6-1-2-9-20-15/h1-6,9-12H,7-8H2,(H,21,24)(H,22,23,25). The molecule has 130 valence electrons. The van der Waals surface area contributed by atoms with E-state index in [1.807, 2.05) is 23.6 Å². The molecule has 1 fully saturated rings. The van der Waals surface area contributed by atoms with Crippen LogP contribution in [0, 0.1) is 5.92 Å². The van der Waals surface area contributed by atoms with Crippen molar-refractivity contribution in [3.8, 4) is 11.4 Å². The zero-order chi connectivity index (χ0) is 17.9. The van der Waals surface area contributed by atoms with Crippen LogP contribution in [-0.2, 0) is 4.79 Å². The minimum absolute atomic E-state index is 0.0162. The normalized spacial score (nSPS) is 13.2. The highest BCUT2D eigenvalue weighted by Gasteiger charge is 2.29. The zero-order valence-corrected chi connectivity index (χ0v) is 14.6. The molecule has 0 radical (unpaired) electrons. The zero-order valence-electron chi connectivity index (χ0n) is 13.8. The molecule has 7 heteroatoms. The topological polar surface area (TPSA) is 84.0 Å². The first-order valence-corrected chi connectivity index (χ1v) is 9.16. The molecule has 1 aliphatic rings. The van der Waals surface area contributed by atoms with Crippen molar-refractivity contribution in [1.29, 1.82) is 0 Å². The molecular weight excluding hydrogens is 348 g/mol. The van der Waals surface area contributed by atoms with Crippen molar-refractivity contribution in [2.75, 3.05) is 10.6 Å². The number of carbonyl (C=O) groups is 2. The first kappa shape index (κ1) is 16.4. The number of nitrogens with zero attached hydrogens (tertiary/aromatic N) is 2. The maximum atomic E-state index is 12.5. The fraction of sp³-hybridized carbons (Fsp3) is 0.158. The summed E-state index contributed by atoms with van der Waals surface area (Å²) in [7, 11) is 0. The first-order chi connectivity index (χ1) is 12.7. The number of carbonyl (C=O) groups excluding carboxylic acids is 2. The molecule has 1 saturated carbocycles. The van der Waals surface area contributed by atoms with E-state index in [4.69, 9.17) is 0 Å². The van der Waals surface area contributed by atoms with E-state index in [1.165, 1.54) is 11.3 Å². The van der Waals surface area contributed by atoms with Gasteiger partial charge in [0.15, 0.2) is 5.13 Å². The second-order valence-corrected chi connectivity index (χ2v) is 6.91. The molecule has 26 heavy (non-hydrogen) atoms. The van der Waals surface area contributed by atoms with E-state index in [0.717, 1.165) is 24.2 Å². The lowest BCUT2D eigenvalue weighted by atomic mass is 10.2. The van der Waals surface area contributed by atoms with Gasteiger partial charge >= 0.3 is 0 Å². The average Bonchev–Trinajstić information content (AvgIpc) is 3.42. The lowest BCUT2D eigenvalue weighted by Crippen LogP contribution is -2.15. The number of pyridine rings is 1. The van der Waals surface area contributed by atoms with Crippen molar-refractivity contribution in [3.05, 3.63) is 59.6 Å². The predicted octanol–water partition coefficient (Wildman–Crippen LogP) is 3.81. The van der Waals surface area contributed by atoms with Gasteiger partial charge in [0.2, 0.25) is 5.91 Å². The number of nitrogens with one attached hydrogen (secondary N) is 2. The van der Waals surface area contributed by atoms with Crippen LogP contribution >= 0.6 is 11.3 Å². The fourth-order valence-electron chi connectivity index (χ4n) is 2.46. The Morgan fingerprint density at radius 2 is 1.92 bits per heavy atom. The van der Waals surface area contributed by atoms with Crippen molar-refractivity contribution in [3.63, 3.8) is 0 Å². The quantitative estimate of drug-likeness (QED) is 0.721. The highest BCUT2D eigenvalue weighted by molar-refractivity contribution is 7.14. The summed E-state index contributed by atoms with van der Waals surface area (Å²) in [6.07, 6.45) is 3.58. The third-order valence-electron chi connectivity index (χ3n) is 3.99. The molecule has 3 aromatic rings. The molecule has 6 nitrogen and oxygen atoms in total. The van der Waals surface area contributed by atoms with Gasteiger partial charge in [-0.1, -0.05) is 12.1 Å². The highest BCUT2D eigenvalue weighted by atomic mass is 32.1. The van der Waals surface area contributed by atoms with Gasteiger partial charge in [0, 0.05) is 28.7 Å². The summed E-state index contributed by atoms with van der Waals surface area (Å²) < 4.78 is 0. The minimum Gasteiger partial charge on any atom is -0.326 e. The van der Waals surface area contributed by atoms with Gasteiger partial charge in [-0.15, -0.1) is 11.3 Å². The number of benzene rings is 1. The van der Waals surface area contributed by atoms with E-state index in [9.17, 15) is 9.59 Å². The molecule has 2 N–H and O–H groups in total. The largest absolute Gasteiger partial charge is 0.326 e.